The van der Waals surface area contributed by atoms with E-state index in [1.165, 1.54) is 18.2 Å². The molecule has 0 aliphatic carbocycles. The van der Waals surface area contributed by atoms with Gasteiger partial charge < -0.3 is 10.2 Å². The third-order valence-corrected chi connectivity index (χ3v) is 4.46. The number of amides is 2. The van der Waals surface area contributed by atoms with Crippen molar-refractivity contribution in [3.8, 4) is 0 Å². The van der Waals surface area contributed by atoms with E-state index in [2.05, 4.69) is 5.32 Å². The van der Waals surface area contributed by atoms with Crippen molar-refractivity contribution >= 4 is 11.7 Å². The Balaban J connectivity index is 2.29. The number of carbonyl (C=O) groups is 1. The molecule has 0 fully saturated rings. The summed E-state index contributed by atoms with van der Waals surface area (Å²) in [4.78, 5) is 13.6. The molecule has 0 bridgehead atoms. The molecule has 3 rings (SSSR count). The summed E-state index contributed by atoms with van der Waals surface area (Å²) in [6.07, 6.45) is -2.35. The summed E-state index contributed by atoms with van der Waals surface area (Å²) < 4.78 is 40.2. The first-order chi connectivity index (χ1) is 11.5. The van der Waals surface area contributed by atoms with E-state index in [4.69, 9.17) is 0 Å². The van der Waals surface area contributed by atoms with Crippen LogP contribution in [0.5, 0.6) is 0 Å². The summed E-state index contributed by atoms with van der Waals surface area (Å²) in [7, 11) is 0. The first-order valence-corrected chi connectivity index (χ1v) is 7.71. The van der Waals surface area contributed by atoms with Gasteiger partial charge in [-0.15, -0.1) is 0 Å². The Hall–Kier alpha value is -2.50. The molecule has 126 valence electrons. The molecule has 0 saturated carbocycles. The largest absolute Gasteiger partial charge is 0.323 e. The summed E-state index contributed by atoms with van der Waals surface area (Å²) in [5.74, 6) is -0.476. The zero-order valence-electron chi connectivity index (χ0n) is 13.1. The number of carbonyl (C=O) groups excluding carboxylic acids is 1. The Morgan fingerprint density at radius 1 is 1.17 bits per heavy atom. The Labute approximate surface area is 138 Å². The number of hydrogen-bond acceptors (Lipinski definition) is 1. The van der Waals surface area contributed by atoms with Gasteiger partial charge in [-0.25, -0.2) is 18.0 Å². The summed E-state index contributed by atoms with van der Waals surface area (Å²) in [5, 5.41) is 2.59. The fourth-order valence-electron chi connectivity index (χ4n) is 3.46. The zero-order chi connectivity index (χ0) is 17.3. The highest BCUT2D eigenvalue weighted by molar-refractivity contribution is 5.94. The average molecular weight is 334 g/mol. The van der Waals surface area contributed by atoms with Crippen molar-refractivity contribution in [2.45, 2.75) is 25.3 Å². The summed E-state index contributed by atoms with van der Waals surface area (Å²) in [5.41, 5.74) is 0.459. The number of nitrogens with one attached hydrogen (secondary N) is 1. The molecule has 1 N–H and O–H groups in total. The molecule has 1 heterocycles. The minimum absolute atomic E-state index is 0.341. The molecule has 0 spiro atoms. The van der Waals surface area contributed by atoms with Crippen molar-refractivity contribution < 1.29 is 18.0 Å². The second-order valence-electron chi connectivity index (χ2n) is 5.70. The number of anilines is 1. The molecule has 1 unspecified atom stereocenters. The van der Waals surface area contributed by atoms with Gasteiger partial charge in [0.2, 0.25) is 0 Å². The van der Waals surface area contributed by atoms with Crippen LogP contribution in [0.25, 0.3) is 0 Å². The quantitative estimate of drug-likeness (QED) is 0.871. The second kappa shape index (κ2) is 6.19. The molecular weight excluding hydrogens is 317 g/mol. The van der Waals surface area contributed by atoms with Crippen LogP contribution in [0, 0.1) is 5.82 Å². The third kappa shape index (κ3) is 2.52. The van der Waals surface area contributed by atoms with Gasteiger partial charge in [0.25, 0.3) is 6.43 Å². The van der Waals surface area contributed by atoms with Gasteiger partial charge in [0.05, 0.1) is 12.1 Å². The minimum Gasteiger partial charge on any atom is -0.307 e. The van der Waals surface area contributed by atoms with Gasteiger partial charge in [-0.2, -0.15) is 0 Å². The molecule has 0 radical (unpaired) electrons. The van der Waals surface area contributed by atoms with E-state index in [9.17, 15) is 18.0 Å². The molecule has 3 nitrogen and oxygen atoms in total. The van der Waals surface area contributed by atoms with Crippen LogP contribution >= 0.6 is 0 Å². The van der Waals surface area contributed by atoms with Gasteiger partial charge in [-0.3, -0.25) is 0 Å². The van der Waals surface area contributed by atoms with E-state index in [0.717, 1.165) is 4.90 Å². The number of hydrogen-bond donors (Lipinski definition) is 1. The first kappa shape index (κ1) is 16.4. The molecule has 2 aromatic carbocycles. The third-order valence-electron chi connectivity index (χ3n) is 4.46. The maximum atomic E-state index is 13.9. The summed E-state index contributed by atoms with van der Waals surface area (Å²) >= 11 is 0. The lowest BCUT2D eigenvalue weighted by Gasteiger charge is -2.48. The van der Waals surface area contributed by atoms with Crippen LogP contribution in [0.15, 0.2) is 48.5 Å². The number of nitrogens with zero attached hydrogens (tertiary/aromatic N) is 1. The zero-order valence-corrected chi connectivity index (χ0v) is 13.1. The number of halogens is 3. The van der Waals surface area contributed by atoms with Crippen molar-refractivity contribution in [2.75, 3.05) is 11.9 Å². The number of fused-ring (bicyclic) bond motifs is 1. The van der Waals surface area contributed by atoms with Gasteiger partial charge in [0, 0.05) is 11.3 Å². The summed E-state index contributed by atoms with van der Waals surface area (Å²) in [6.45, 7) is 1.07. The van der Waals surface area contributed by atoms with Crippen LogP contribution in [0.4, 0.5) is 23.7 Å². The molecule has 2 aromatic rings. The van der Waals surface area contributed by atoms with Gasteiger partial charge in [0.1, 0.15) is 5.82 Å². The van der Waals surface area contributed by atoms with Crippen molar-refractivity contribution in [3.05, 3.63) is 65.5 Å². The fourth-order valence-corrected chi connectivity index (χ4v) is 3.46. The van der Waals surface area contributed by atoms with Crippen LogP contribution in [0.3, 0.4) is 0 Å². The highest BCUT2D eigenvalue weighted by Crippen LogP contribution is 2.46. The van der Waals surface area contributed by atoms with E-state index in [1.54, 1.807) is 37.3 Å². The Kier molecular flexibility index (Phi) is 4.22. The van der Waals surface area contributed by atoms with Crippen LogP contribution in [0.1, 0.15) is 24.5 Å². The van der Waals surface area contributed by atoms with Crippen LogP contribution in [0.2, 0.25) is 0 Å². The molecule has 0 saturated heterocycles. The van der Waals surface area contributed by atoms with Gasteiger partial charge in [-0.05, 0) is 30.2 Å². The van der Waals surface area contributed by atoms with Crippen LogP contribution in [-0.2, 0) is 5.54 Å². The van der Waals surface area contributed by atoms with Crippen LogP contribution < -0.4 is 5.32 Å². The lowest BCUT2D eigenvalue weighted by Crippen LogP contribution is -2.56. The lowest BCUT2D eigenvalue weighted by atomic mass is 9.77. The normalized spacial score (nSPS) is 20.0. The van der Waals surface area contributed by atoms with Gasteiger partial charge >= 0.3 is 6.03 Å². The predicted molar refractivity (Wildman–Crippen MR) is 85.6 cm³/mol. The SMILES string of the molecule is CCC1(c2ccccc2)c2cc(F)ccc2NC(=O)N1CC(F)F. The minimum atomic E-state index is -2.69. The summed E-state index contributed by atoms with van der Waals surface area (Å²) in [6, 6.07) is 12.3. The highest BCUT2D eigenvalue weighted by atomic mass is 19.3. The van der Waals surface area contributed by atoms with Crippen molar-refractivity contribution in [1.29, 1.82) is 0 Å². The maximum absolute atomic E-state index is 13.9. The molecule has 24 heavy (non-hydrogen) atoms. The number of rotatable bonds is 4. The lowest BCUT2D eigenvalue weighted by molar-refractivity contribution is 0.0573. The fraction of sp³-hybridized carbons (Fsp3) is 0.278. The Morgan fingerprint density at radius 2 is 1.88 bits per heavy atom. The van der Waals surface area contributed by atoms with E-state index >= 15 is 0 Å². The van der Waals surface area contributed by atoms with E-state index in [1.807, 2.05) is 0 Å². The molecule has 1 atom stereocenters. The Morgan fingerprint density at radius 3 is 2.50 bits per heavy atom. The standard InChI is InChI=1S/C18H17F3N2O/c1-2-18(12-6-4-3-5-7-12)14-10-13(19)8-9-15(14)22-17(24)23(18)11-16(20)21/h3-10,16H,2,11H2,1H3,(H,22,24). The van der Waals surface area contributed by atoms with Gasteiger partial charge in [0.15, 0.2) is 0 Å². The van der Waals surface area contributed by atoms with E-state index in [0.29, 0.717) is 23.2 Å². The van der Waals surface area contributed by atoms with E-state index < -0.39 is 30.4 Å². The van der Waals surface area contributed by atoms with Crippen molar-refractivity contribution in [1.82, 2.24) is 4.90 Å². The topological polar surface area (TPSA) is 32.3 Å². The smallest absolute Gasteiger partial charge is 0.307 e. The molecule has 1 aliphatic heterocycles. The maximum Gasteiger partial charge on any atom is 0.323 e. The molecule has 0 aromatic heterocycles. The predicted octanol–water partition coefficient (Wildman–Crippen LogP) is 4.59. The number of benzene rings is 2. The molecule has 1 aliphatic rings. The molecule has 6 heteroatoms. The molecule has 2 amide bonds. The first-order valence-electron chi connectivity index (χ1n) is 7.71. The Bertz CT molecular complexity index is 751. The highest BCUT2D eigenvalue weighted by Gasteiger charge is 2.47. The van der Waals surface area contributed by atoms with E-state index in [-0.39, 0.29) is 0 Å². The van der Waals surface area contributed by atoms with Crippen molar-refractivity contribution in [3.63, 3.8) is 0 Å². The van der Waals surface area contributed by atoms with Crippen molar-refractivity contribution in [2.24, 2.45) is 0 Å². The number of alkyl halides is 2. The average Bonchev–Trinajstić information content (AvgIpc) is 2.57. The number of urea groups is 1. The monoisotopic (exact) mass is 334 g/mol. The molecular formula is C18H17F3N2O. The second-order valence-corrected chi connectivity index (χ2v) is 5.70. The van der Waals surface area contributed by atoms with Gasteiger partial charge in [-0.1, -0.05) is 37.3 Å². The van der Waals surface area contributed by atoms with Crippen LogP contribution in [-0.4, -0.2) is 23.9 Å².